The zero-order valence-corrected chi connectivity index (χ0v) is 13.6. The van der Waals surface area contributed by atoms with E-state index in [9.17, 15) is 13.2 Å². The molecular weight excluding hydrogens is 330 g/mol. The number of para-hydroxylation sites is 1. The highest BCUT2D eigenvalue weighted by atomic mass is 32.2. The molecule has 0 atom stereocenters. The molecule has 0 saturated heterocycles. The van der Waals surface area contributed by atoms with Gasteiger partial charge in [-0.25, -0.2) is 8.42 Å². The Morgan fingerprint density at radius 2 is 1.75 bits per heavy atom. The number of nitrogens with one attached hydrogen (secondary N) is 2. The zero-order valence-electron chi connectivity index (χ0n) is 12.8. The second-order valence-corrected chi connectivity index (χ2v) is 7.05. The van der Waals surface area contributed by atoms with Crippen LogP contribution in [0.5, 0.6) is 0 Å². The van der Waals surface area contributed by atoms with Gasteiger partial charge >= 0.3 is 0 Å². The highest BCUT2D eigenvalue weighted by molar-refractivity contribution is 7.92. The summed E-state index contributed by atoms with van der Waals surface area (Å²) in [6.45, 7) is 0. The quantitative estimate of drug-likeness (QED) is 0.739. The fourth-order valence-corrected chi connectivity index (χ4v) is 2.82. The minimum atomic E-state index is -3.32. The summed E-state index contributed by atoms with van der Waals surface area (Å²) in [6, 6.07) is 13.7. The molecule has 2 N–H and O–H groups in total. The lowest BCUT2D eigenvalue weighted by molar-refractivity contribution is -0.115. The monoisotopic (exact) mass is 345 g/mol. The predicted molar refractivity (Wildman–Crippen MR) is 91.3 cm³/mol. The van der Waals surface area contributed by atoms with Crippen molar-refractivity contribution in [1.82, 2.24) is 5.16 Å². The van der Waals surface area contributed by atoms with Crippen molar-refractivity contribution in [2.24, 2.45) is 0 Å². The van der Waals surface area contributed by atoms with Gasteiger partial charge in [-0.15, -0.1) is 0 Å². The molecule has 24 heavy (non-hydrogen) atoms. The standard InChI is InChI=1S/C16H15N3O4S/c1-24(21,22)19-12-8-6-11(7-9-12)17-16(20)10-14-13-4-2-3-5-15(13)23-18-14/h2-9,19H,10H2,1H3,(H,17,20). The number of amides is 1. The molecule has 0 aliphatic carbocycles. The number of anilines is 2. The van der Waals surface area contributed by atoms with E-state index in [-0.39, 0.29) is 12.3 Å². The Labute approximate surface area is 138 Å². The van der Waals surface area contributed by atoms with E-state index in [0.29, 0.717) is 22.7 Å². The average Bonchev–Trinajstić information content (AvgIpc) is 2.91. The predicted octanol–water partition coefficient (Wildman–Crippen LogP) is 2.38. The lowest BCUT2D eigenvalue weighted by Crippen LogP contribution is -2.15. The van der Waals surface area contributed by atoms with Gasteiger partial charge in [0, 0.05) is 16.8 Å². The Balaban J connectivity index is 1.66. The molecule has 0 aliphatic heterocycles. The molecular formula is C16H15N3O4S. The number of rotatable bonds is 5. The SMILES string of the molecule is CS(=O)(=O)Nc1ccc(NC(=O)Cc2noc3ccccc23)cc1. The molecule has 1 amide bonds. The summed E-state index contributed by atoms with van der Waals surface area (Å²) < 4.78 is 29.8. The fraction of sp³-hybridized carbons (Fsp3) is 0.125. The summed E-state index contributed by atoms with van der Waals surface area (Å²) in [6.07, 6.45) is 1.16. The van der Waals surface area contributed by atoms with E-state index in [2.05, 4.69) is 15.2 Å². The van der Waals surface area contributed by atoms with Crippen LogP contribution in [0.4, 0.5) is 11.4 Å². The van der Waals surface area contributed by atoms with Crippen molar-refractivity contribution >= 4 is 38.3 Å². The number of carbonyl (C=O) groups is 1. The number of hydrogen-bond donors (Lipinski definition) is 2. The summed E-state index contributed by atoms with van der Waals surface area (Å²) in [5.74, 6) is -0.238. The largest absolute Gasteiger partial charge is 0.356 e. The molecule has 0 aliphatic rings. The van der Waals surface area contributed by atoms with Crippen molar-refractivity contribution in [1.29, 1.82) is 0 Å². The number of benzene rings is 2. The molecule has 7 nitrogen and oxygen atoms in total. The van der Waals surface area contributed by atoms with Gasteiger partial charge in [-0.2, -0.15) is 0 Å². The summed E-state index contributed by atoms with van der Waals surface area (Å²) in [5.41, 5.74) is 2.19. The molecule has 124 valence electrons. The number of hydrogen-bond acceptors (Lipinski definition) is 5. The van der Waals surface area contributed by atoms with Gasteiger partial charge in [0.15, 0.2) is 5.58 Å². The van der Waals surface area contributed by atoms with Crippen LogP contribution in [0, 0.1) is 0 Å². The molecule has 0 unspecified atom stereocenters. The third kappa shape index (κ3) is 3.90. The maximum absolute atomic E-state index is 12.1. The first-order valence-electron chi connectivity index (χ1n) is 7.12. The highest BCUT2D eigenvalue weighted by Crippen LogP contribution is 2.19. The van der Waals surface area contributed by atoms with Gasteiger partial charge in [0.05, 0.1) is 12.7 Å². The highest BCUT2D eigenvalue weighted by Gasteiger charge is 2.12. The molecule has 2 aromatic carbocycles. The first-order chi connectivity index (χ1) is 11.4. The second-order valence-electron chi connectivity index (χ2n) is 5.30. The van der Waals surface area contributed by atoms with Gasteiger partial charge in [-0.3, -0.25) is 9.52 Å². The van der Waals surface area contributed by atoms with Gasteiger partial charge in [-0.05, 0) is 36.4 Å². The fourth-order valence-electron chi connectivity index (χ4n) is 2.26. The summed E-state index contributed by atoms with van der Waals surface area (Å²) >= 11 is 0. The molecule has 0 bridgehead atoms. The maximum Gasteiger partial charge on any atom is 0.230 e. The Hall–Kier alpha value is -2.87. The van der Waals surface area contributed by atoms with Gasteiger partial charge in [-0.1, -0.05) is 17.3 Å². The van der Waals surface area contributed by atoms with Crippen molar-refractivity contribution in [2.45, 2.75) is 6.42 Å². The Kier molecular flexibility index (Phi) is 4.22. The third-order valence-electron chi connectivity index (χ3n) is 3.25. The molecule has 1 aromatic heterocycles. The first kappa shape index (κ1) is 16.0. The van der Waals surface area contributed by atoms with Crippen molar-refractivity contribution in [3.8, 4) is 0 Å². The lowest BCUT2D eigenvalue weighted by atomic mass is 10.1. The molecule has 0 fully saturated rings. The molecule has 8 heteroatoms. The number of aromatic nitrogens is 1. The van der Waals surface area contributed by atoms with Crippen LogP contribution in [0.1, 0.15) is 5.69 Å². The molecule has 0 spiro atoms. The van der Waals surface area contributed by atoms with Crippen molar-refractivity contribution in [3.63, 3.8) is 0 Å². The molecule has 0 saturated carbocycles. The lowest BCUT2D eigenvalue weighted by Gasteiger charge is -2.07. The minimum absolute atomic E-state index is 0.0837. The van der Waals surface area contributed by atoms with Crippen LogP contribution in [0.2, 0.25) is 0 Å². The molecule has 1 heterocycles. The van der Waals surface area contributed by atoms with Gasteiger partial charge in [0.1, 0.15) is 5.69 Å². The van der Waals surface area contributed by atoms with Gasteiger partial charge < -0.3 is 9.84 Å². The van der Waals surface area contributed by atoms with Crippen LogP contribution in [-0.4, -0.2) is 25.7 Å². The van der Waals surface area contributed by atoms with Crippen LogP contribution in [0.15, 0.2) is 53.1 Å². The van der Waals surface area contributed by atoms with E-state index in [0.717, 1.165) is 11.6 Å². The zero-order chi connectivity index (χ0) is 17.2. The number of nitrogens with zero attached hydrogens (tertiary/aromatic N) is 1. The average molecular weight is 345 g/mol. The Morgan fingerprint density at radius 1 is 1.08 bits per heavy atom. The van der Waals surface area contributed by atoms with Gasteiger partial charge in [0.25, 0.3) is 0 Å². The number of fused-ring (bicyclic) bond motifs is 1. The van der Waals surface area contributed by atoms with E-state index >= 15 is 0 Å². The van der Waals surface area contributed by atoms with E-state index in [1.54, 1.807) is 30.3 Å². The number of carbonyl (C=O) groups excluding carboxylic acids is 1. The van der Waals surface area contributed by atoms with Crippen molar-refractivity contribution in [3.05, 3.63) is 54.2 Å². The second kappa shape index (κ2) is 6.32. The summed E-state index contributed by atoms with van der Waals surface area (Å²) in [5, 5.41) is 7.46. The molecule has 0 radical (unpaired) electrons. The number of sulfonamides is 1. The van der Waals surface area contributed by atoms with E-state index in [4.69, 9.17) is 4.52 Å². The van der Waals surface area contributed by atoms with Crippen LogP contribution in [0.25, 0.3) is 11.0 Å². The van der Waals surface area contributed by atoms with Gasteiger partial charge in [0.2, 0.25) is 15.9 Å². The topological polar surface area (TPSA) is 101 Å². The third-order valence-corrected chi connectivity index (χ3v) is 3.86. The van der Waals surface area contributed by atoms with Crippen LogP contribution in [0.3, 0.4) is 0 Å². The van der Waals surface area contributed by atoms with Crippen LogP contribution in [-0.2, 0) is 21.2 Å². The maximum atomic E-state index is 12.1. The first-order valence-corrected chi connectivity index (χ1v) is 9.01. The van der Waals surface area contributed by atoms with E-state index < -0.39 is 10.0 Å². The smallest absolute Gasteiger partial charge is 0.230 e. The summed E-state index contributed by atoms with van der Waals surface area (Å²) in [4.78, 5) is 12.1. The van der Waals surface area contributed by atoms with Crippen molar-refractivity contribution < 1.29 is 17.7 Å². The minimum Gasteiger partial charge on any atom is -0.356 e. The van der Waals surface area contributed by atoms with Crippen LogP contribution >= 0.6 is 0 Å². The van der Waals surface area contributed by atoms with Crippen molar-refractivity contribution in [2.75, 3.05) is 16.3 Å². The Bertz CT molecular complexity index is 978. The summed E-state index contributed by atoms with van der Waals surface area (Å²) in [7, 11) is -3.32. The normalized spacial score (nSPS) is 11.4. The molecule has 3 rings (SSSR count). The van der Waals surface area contributed by atoms with E-state index in [1.165, 1.54) is 0 Å². The van der Waals surface area contributed by atoms with Crippen LogP contribution < -0.4 is 10.0 Å². The van der Waals surface area contributed by atoms with E-state index in [1.807, 2.05) is 18.2 Å². The Morgan fingerprint density at radius 3 is 2.46 bits per heavy atom. The molecule has 3 aromatic rings.